The Labute approximate surface area is 221 Å². The van der Waals surface area contributed by atoms with Gasteiger partial charge in [-0.05, 0) is 18.8 Å². The Bertz CT molecular complexity index is 458. The lowest BCUT2D eigenvalue weighted by Gasteiger charge is -2.17. The monoisotopic (exact) mass is 487 g/mol. The van der Waals surface area contributed by atoms with E-state index in [0.29, 0.717) is 0 Å². The predicted molar refractivity (Wildman–Crippen MR) is 160 cm³/mol. The van der Waals surface area contributed by atoms with E-state index in [-0.39, 0.29) is 0 Å². The maximum absolute atomic E-state index is 4.35. The Morgan fingerprint density at radius 3 is 1.11 bits per heavy atom. The molecule has 1 rings (SSSR count). The van der Waals surface area contributed by atoms with Crippen molar-refractivity contribution in [3.8, 4) is 0 Å². The zero-order valence-corrected chi connectivity index (χ0v) is 24.2. The van der Waals surface area contributed by atoms with E-state index >= 15 is 0 Å². The van der Waals surface area contributed by atoms with Gasteiger partial charge in [-0.3, -0.25) is 0 Å². The van der Waals surface area contributed by atoms with Crippen LogP contribution in [-0.2, 0) is 0 Å². The summed E-state index contributed by atoms with van der Waals surface area (Å²) < 4.78 is 0. The molecule has 1 aliphatic heterocycles. The fourth-order valence-corrected chi connectivity index (χ4v) is 5.58. The van der Waals surface area contributed by atoms with Gasteiger partial charge in [-0.1, -0.05) is 178 Å². The van der Waals surface area contributed by atoms with Gasteiger partial charge in [-0.25, -0.2) is 0 Å². The summed E-state index contributed by atoms with van der Waals surface area (Å²) in [6, 6.07) is 0. The summed E-state index contributed by atoms with van der Waals surface area (Å²) in [7, 11) is 0. The molecule has 2 nitrogen and oxygen atoms in total. The van der Waals surface area contributed by atoms with E-state index in [1.54, 1.807) is 0 Å². The van der Waals surface area contributed by atoms with E-state index in [1.165, 1.54) is 167 Å². The van der Waals surface area contributed by atoms with Gasteiger partial charge in [-0.15, -0.1) is 0 Å². The molecule has 0 aromatic carbocycles. The summed E-state index contributed by atoms with van der Waals surface area (Å²) in [6.07, 6.45) is 43.2. The molecule has 1 aliphatic rings. The van der Waals surface area contributed by atoms with Crippen molar-refractivity contribution in [3.63, 3.8) is 0 Å². The third kappa shape index (κ3) is 22.2. The summed E-state index contributed by atoms with van der Waals surface area (Å²) in [5.41, 5.74) is 0. The van der Waals surface area contributed by atoms with Gasteiger partial charge in [0.25, 0.3) is 0 Å². The van der Waals surface area contributed by atoms with Crippen molar-refractivity contribution < 1.29 is 0 Å². The largest absolute Gasteiger partial charge is 0.240 e. The Morgan fingerprint density at radius 1 is 0.429 bits per heavy atom. The van der Waals surface area contributed by atoms with E-state index in [4.69, 9.17) is 0 Å². The van der Waals surface area contributed by atoms with Crippen molar-refractivity contribution in [1.82, 2.24) is 0 Å². The minimum atomic E-state index is 0.933. The van der Waals surface area contributed by atoms with Crippen LogP contribution in [0.2, 0.25) is 0 Å². The lowest BCUT2D eigenvalue weighted by atomic mass is 9.89. The Morgan fingerprint density at radius 2 is 0.743 bits per heavy atom. The van der Waals surface area contributed by atoms with Gasteiger partial charge >= 0.3 is 0 Å². The average molecular weight is 488 g/mol. The van der Waals surface area contributed by atoms with Crippen LogP contribution in [0.15, 0.2) is 9.98 Å². The first-order valence-corrected chi connectivity index (χ1v) is 16.3. The number of rotatable bonds is 28. The summed E-state index contributed by atoms with van der Waals surface area (Å²) >= 11 is 0. The summed E-state index contributed by atoms with van der Waals surface area (Å²) in [4.78, 5) is 8.71. The highest BCUT2D eigenvalue weighted by molar-refractivity contribution is 6.18. The Hall–Kier alpha value is -0.790. The smallest absolute Gasteiger partial charge is 0.0968 e. The molecule has 1 unspecified atom stereocenters. The summed E-state index contributed by atoms with van der Waals surface area (Å²) in [6.45, 7) is 4.61. The number of nitrogens with zero attached hydrogens (tertiary/aromatic N) is 2. The van der Waals surface area contributed by atoms with Crippen LogP contribution in [0.5, 0.6) is 0 Å². The molecule has 0 saturated carbocycles. The van der Waals surface area contributed by atoms with Crippen LogP contribution in [0.25, 0.3) is 0 Å². The topological polar surface area (TPSA) is 24.7 Å². The molecule has 0 amide bonds. The van der Waals surface area contributed by atoms with Crippen molar-refractivity contribution in [2.75, 3.05) is 0 Å². The van der Waals surface area contributed by atoms with E-state index < -0.39 is 0 Å². The van der Waals surface area contributed by atoms with Gasteiger partial charge in [0.2, 0.25) is 6.17 Å². The second kappa shape index (κ2) is 26.3. The molecular weight excluding hydrogens is 424 g/mol. The molecule has 0 aliphatic carbocycles. The minimum Gasteiger partial charge on any atom is -0.0968 e. The molecular formula is C33H63N2+. The van der Waals surface area contributed by atoms with Crippen molar-refractivity contribution in [1.29, 1.82) is 0 Å². The first-order valence-electron chi connectivity index (χ1n) is 16.3. The number of aliphatic imine (C=N–C) groups is 2. The Kier molecular flexibility index (Phi) is 24.2. The van der Waals surface area contributed by atoms with Gasteiger partial charge in [0.1, 0.15) is 0 Å². The fourth-order valence-electron chi connectivity index (χ4n) is 5.58. The quantitative estimate of drug-likeness (QED) is 0.0774. The van der Waals surface area contributed by atoms with E-state index in [9.17, 15) is 0 Å². The first-order chi connectivity index (χ1) is 17.4. The lowest BCUT2D eigenvalue weighted by Crippen LogP contribution is -2.02. The Balaban J connectivity index is 1.96. The highest BCUT2D eigenvalue weighted by atomic mass is 15.0. The van der Waals surface area contributed by atoms with E-state index in [2.05, 4.69) is 23.8 Å². The normalized spacial score (nSPS) is 13.8. The zero-order chi connectivity index (χ0) is 25.1. The van der Waals surface area contributed by atoms with Crippen LogP contribution in [0.1, 0.15) is 187 Å². The predicted octanol–water partition coefficient (Wildman–Crippen LogP) is 11.8. The molecule has 204 valence electrons. The molecule has 1 heterocycles. The van der Waals surface area contributed by atoms with Crippen LogP contribution in [0.3, 0.4) is 0 Å². The summed E-state index contributed by atoms with van der Waals surface area (Å²) in [5, 5.41) is 0. The van der Waals surface area contributed by atoms with Gasteiger partial charge in [0.15, 0.2) is 12.4 Å². The van der Waals surface area contributed by atoms with Gasteiger partial charge in [0.05, 0.1) is 6.42 Å². The minimum absolute atomic E-state index is 0.933. The molecule has 1 atom stereocenters. The van der Waals surface area contributed by atoms with Gasteiger partial charge in [0, 0.05) is 0 Å². The van der Waals surface area contributed by atoms with Crippen LogP contribution in [0.4, 0.5) is 0 Å². The van der Waals surface area contributed by atoms with Crippen LogP contribution in [-0.4, -0.2) is 12.4 Å². The molecule has 0 N–H and O–H groups in total. The lowest BCUT2D eigenvalue weighted by molar-refractivity contribution is 0.369. The van der Waals surface area contributed by atoms with Crippen LogP contribution >= 0.6 is 0 Å². The highest BCUT2D eigenvalue weighted by Gasteiger charge is 2.17. The van der Waals surface area contributed by atoms with Crippen molar-refractivity contribution in [2.24, 2.45) is 15.9 Å². The average Bonchev–Trinajstić information content (AvgIpc) is 3.39. The van der Waals surface area contributed by atoms with E-state index in [0.717, 1.165) is 18.5 Å². The molecule has 0 aromatic rings. The molecule has 0 radical (unpaired) electrons. The van der Waals surface area contributed by atoms with E-state index in [1.807, 2.05) is 12.4 Å². The molecule has 35 heavy (non-hydrogen) atoms. The highest BCUT2D eigenvalue weighted by Crippen LogP contribution is 2.26. The maximum Gasteiger partial charge on any atom is 0.240 e. The van der Waals surface area contributed by atoms with Gasteiger partial charge in [-0.2, -0.15) is 0 Å². The van der Waals surface area contributed by atoms with Crippen molar-refractivity contribution in [2.45, 2.75) is 187 Å². The molecule has 0 fully saturated rings. The van der Waals surface area contributed by atoms with Crippen molar-refractivity contribution >= 4 is 12.4 Å². The van der Waals surface area contributed by atoms with Crippen LogP contribution in [0, 0.1) is 12.1 Å². The fraction of sp³-hybridized carbons (Fsp3) is 0.909. The molecule has 0 spiro atoms. The molecule has 0 aromatic heterocycles. The number of unbranched alkanes of at least 4 members (excludes halogenated alkanes) is 20. The molecule has 2 heteroatoms. The van der Waals surface area contributed by atoms with Crippen molar-refractivity contribution in [3.05, 3.63) is 6.17 Å². The van der Waals surface area contributed by atoms with Crippen LogP contribution < -0.4 is 0 Å². The maximum atomic E-state index is 4.35. The molecule has 0 bridgehead atoms. The van der Waals surface area contributed by atoms with Gasteiger partial charge < -0.3 is 0 Å². The summed E-state index contributed by atoms with van der Waals surface area (Å²) in [5.74, 6) is 0.933. The molecule has 0 saturated heterocycles. The number of hydrogen-bond acceptors (Lipinski definition) is 2. The third-order valence-electron chi connectivity index (χ3n) is 7.96. The first kappa shape index (κ1) is 32.2. The second-order valence-electron chi connectivity index (χ2n) is 11.4. The zero-order valence-electron chi connectivity index (χ0n) is 24.2. The SMILES string of the molecule is CCCCCCCCCCCCCCCCCCC(CCCCCCCC)CCC[C+]1N=CC=N1. The second-order valence-corrected chi connectivity index (χ2v) is 11.4. The standard InChI is InChI=1S/C33H63N2/c1-3-5-7-9-11-12-13-14-15-16-17-18-19-20-22-24-27-32(26-23-21-10-8-6-4-2)28-25-29-33-34-30-31-35-33/h30-32H,3-29H2,1-2H3/q+1. The third-order valence-corrected chi connectivity index (χ3v) is 7.96. The number of hydrogen-bond donors (Lipinski definition) is 0.